The highest BCUT2D eigenvalue weighted by atomic mass is 35.5. The third-order valence-corrected chi connectivity index (χ3v) is 6.24. The fraction of sp³-hybridized carbons (Fsp3) is 0.500. The molecule has 0 spiro atoms. The van der Waals surface area contributed by atoms with Crippen LogP contribution >= 0.6 is 11.6 Å². The first kappa shape index (κ1) is 25.7. The molecule has 2 aliphatic rings. The fourth-order valence-corrected chi connectivity index (χ4v) is 3.86. The summed E-state index contributed by atoms with van der Waals surface area (Å²) in [6.45, 7) is 1.75. The number of H-pyrrole nitrogens is 1. The number of carbonyl (C=O) groups is 4. The zero-order valence-electron chi connectivity index (χ0n) is 19.2. The summed E-state index contributed by atoms with van der Waals surface area (Å²) >= 11 is 6.09. The van der Waals surface area contributed by atoms with Crippen molar-refractivity contribution in [1.82, 2.24) is 20.9 Å². The SMILES string of the molecule is CC1CC1.O=C(CNC(=O)c1cc2cccc(Cl)c2[nH]1)N[C@@H](C[C@@H]1CCCNC1=O)C(=O)CO. The Bertz CT molecular complexity index is 1050. The lowest BCUT2D eigenvalue weighted by Gasteiger charge is -2.26. The van der Waals surface area contributed by atoms with Crippen molar-refractivity contribution in [1.29, 1.82) is 0 Å². The number of carbonyl (C=O) groups excluding carboxylic acids is 4. The summed E-state index contributed by atoms with van der Waals surface area (Å²) in [5.74, 6) is -1.19. The van der Waals surface area contributed by atoms with Crippen LogP contribution < -0.4 is 16.0 Å². The van der Waals surface area contributed by atoms with Gasteiger partial charge in [0.1, 0.15) is 12.3 Å². The number of hydrogen-bond donors (Lipinski definition) is 5. The minimum Gasteiger partial charge on any atom is -0.389 e. The van der Waals surface area contributed by atoms with Crippen molar-refractivity contribution >= 4 is 46.0 Å². The molecule has 0 bridgehead atoms. The highest BCUT2D eigenvalue weighted by molar-refractivity contribution is 6.35. The molecule has 5 N–H and O–H groups in total. The quantitative estimate of drug-likeness (QED) is 0.384. The standard InChI is InChI=1S/C20H23ClN4O5.C4H8/c21-13-5-1-3-11-7-15(25-18(11)13)20(30)23-9-17(28)24-14(16(27)10-26)8-12-4-2-6-22-19(12)29;1-4-2-3-4/h1,3,5,7,12,14,25-26H,2,4,6,8-10H2,(H,22,29)(H,23,30)(H,24,28);4H,2-3H2,1H3/t12-,14-;/m0./s1. The molecule has 1 aromatic heterocycles. The molecular weight excluding hydrogens is 460 g/mol. The predicted molar refractivity (Wildman–Crippen MR) is 128 cm³/mol. The van der Waals surface area contributed by atoms with Gasteiger partial charge in [0, 0.05) is 17.8 Å². The van der Waals surface area contributed by atoms with E-state index < -0.39 is 36.2 Å². The molecule has 3 amide bonds. The maximum absolute atomic E-state index is 12.3. The van der Waals surface area contributed by atoms with E-state index in [-0.39, 0.29) is 24.6 Å². The van der Waals surface area contributed by atoms with Gasteiger partial charge in [-0.15, -0.1) is 0 Å². The summed E-state index contributed by atoms with van der Waals surface area (Å²) in [7, 11) is 0. The van der Waals surface area contributed by atoms with Gasteiger partial charge < -0.3 is 26.0 Å². The molecule has 0 radical (unpaired) electrons. The smallest absolute Gasteiger partial charge is 0.268 e. The van der Waals surface area contributed by atoms with Gasteiger partial charge in [-0.1, -0.05) is 43.5 Å². The van der Waals surface area contributed by atoms with E-state index in [9.17, 15) is 24.3 Å². The van der Waals surface area contributed by atoms with E-state index in [0.29, 0.717) is 23.5 Å². The van der Waals surface area contributed by atoms with Crippen molar-refractivity contribution in [2.24, 2.45) is 11.8 Å². The van der Waals surface area contributed by atoms with E-state index in [1.807, 2.05) is 0 Å². The van der Waals surface area contributed by atoms with E-state index in [1.54, 1.807) is 24.3 Å². The summed E-state index contributed by atoms with van der Waals surface area (Å²) in [5.41, 5.74) is 0.862. The predicted octanol–water partition coefficient (Wildman–Crippen LogP) is 1.93. The van der Waals surface area contributed by atoms with Crippen LogP contribution in [0.4, 0.5) is 0 Å². The molecule has 1 saturated heterocycles. The number of fused-ring (bicyclic) bond motifs is 1. The summed E-state index contributed by atoms with van der Waals surface area (Å²) in [6.07, 6.45) is 4.47. The molecule has 184 valence electrons. The average molecular weight is 491 g/mol. The van der Waals surface area contributed by atoms with Gasteiger partial charge in [-0.3, -0.25) is 19.2 Å². The van der Waals surface area contributed by atoms with Crippen LogP contribution in [0.15, 0.2) is 24.3 Å². The summed E-state index contributed by atoms with van der Waals surface area (Å²) in [4.78, 5) is 51.5. The van der Waals surface area contributed by atoms with Crippen molar-refractivity contribution in [2.45, 2.75) is 45.1 Å². The van der Waals surface area contributed by atoms with Crippen LogP contribution in [-0.2, 0) is 14.4 Å². The van der Waals surface area contributed by atoms with Crippen molar-refractivity contribution in [3.63, 3.8) is 0 Å². The number of hydrogen-bond acceptors (Lipinski definition) is 5. The number of aromatic amines is 1. The minimum absolute atomic E-state index is 0.103. The summed E-state index contributed by atoms with van der Waals surface area (Å²) < 4.78 is 0. The molecule has 4 rings (SSSR count). The lowest BCUT2D eigenvalue weighted by molar-refractivity contribution is -0.131. The lowest BCUT2D eigenvalue weighted by atomic mass is 9.90. The Morgan fingerprint density at radius 1 is 1.24 bits per heavy atom. The first-order valence-electron chi connectivity index (χ1n) is 11.5. The van der Waals surface area contributed by atoms with Crippen molar-refractivity contribution in [2.75, 3.05) is 19.7 Å². The molecular formula is C24H31ClN4O5. The maximum Gasteiger partial charge on any atom is 0.268 e. The monoisotopic (exact) mass is 490 g/mol. The highest BCUT2D eigenvalue weighted by Gasteiger charge is 2.29. The molecule has 2 atom stereocenters. The van der Waals surface area contributed by atoms with E-state index in [1.165, 1.54) is 12.8 Å². The Morgan fingerprint density at radius 2 is 1.97 bits per heavy atom. The van der Waals surface area contributed by atoms with Gasteiger partial charge in [-0.05, 0) is 37.3 Å². The van der Waals surface area contributed by atoms with E-state index in [0.717, 1.165) is 17.7 Å². The minimum atomic E-state index is -1.000. The zero-order valence-corrected chi connectivity index (χ0v) is 19.9. The van der Waals surface area contributed by atoms with Crippen LogP contribution in [0.3, 0.4) is 0 Å². The summed E-state index contributed by atoms with van der Waals surface area (Å²) in [6, 6.07) is 5.88. The van der Waals surface area contributed by atoms with Crippen LogP contribution in [0, 0.1) is 11.8 Å². The number of para-hydroxylation sites is 1. The molecule has 9 nitrogen and oxygen atoms in total. The molecule has 0 unspecified atom stereocenters. The summed E-state index contributed by atoms with van der Waals surface area (Å²) in [5, 5.41) is 18.1. The lowest BCUT2D eigenvalue weighted by Crippen LogP contribution is -2.49. The van der Waals surface area contributed by atoms with Crippen LogP contribution in [0.2, 0.25) is 5.02 Å². The van der Waals surface area contributed by atoms with Crippen molar-refractivity contribution in [3.8, 4) is 0 Å². The molecule has 2 fully saturated rings. The molecule has 34 heavy (non-hydrogen) atoms. The Hall–Kier alpha value is -2.91. The van der Waals surface area contributed by atoms with Gasteiger partial charge >= 0.3 is 0 Å². The molecule has 10 heteroatoms. The van der Waals surface area contributed by atoms with E-state index in [2.05, 4.69) is 27.9 Å². The number of nitrogens with one attached hydrogen (secondary N) is 4. The molecule has 2 heterocycles. The number of piperidine rings is 1. The second-order valence-corrected chi connectivity index (χ2v) is 9.27. The molecule has 1 saturated carbocycles. The number of halogens is 1. The van der Waals surface area contributed by atoms with Gasteiger partial charge in [-0.25, -0.2) is 0 Å². The molecule has 1 aliphatic heterocycles. The Kier molecular flexibility index (Phi) is 9.06. The third-order valence-electron chi connectivity index (χ3n) is 5.92. The molecule has 1 aromatic carbocycles. The number of rotatable bonds is 8. The number of aliphatic hydroxyl groups excluding tert-OH is 1. The number of benzene rings is 1. The Balaban J connectivity index is 0.000000732. The number of aliphatic hydroxyl groups is 1. The van der Waals surface area contributed by atoms with Crippen LogP contribution in [0.1, 0.15) is 49.5 Å². The van der Waals surface area contributed by atoms with Gasteiger partial charge in [0.15, 0.2) is 5.78 Å². The van der Waals surface area contributed by atoms with Gasteiger partial charge in [0.05, 0.1) is 23.1 Å². The van der Waals surface area contributed by atoms with Gasteiger partial charge in [-0.2, -0.15) is 0 Å². The topological polar surface area (TPSA) is 140 Å². The molecule has 2 aromatic rings. The number of ketones is 1. The van der Waals surface area contributed by atoms with E-state index >= 15 is 0 Å². The maximum atomic E-state index is 12.3. The number of aromatic nitrogens is 1. The highest BCUT2D eigenvalue weighted by Crippen LogP contribution is 2.26. The van der Waals surface area contributed by atoms with Crippen LogP contribution in [0.5, 0.6) is 0 Å². The fourth-order valence-electron chi connectivity index (χ4n) is 3.64. The first-order chi connectivity index (χ1) is 16.3. The number of Topliss-reactive ketones (excluding diaryl/α,β-unsaturated/α-hetero) is 1. The van der Waals surface area contributed by atoms with Gasteiger partial charge in [0.25, 0.3) is 5.91 Å². The van der Waals surface area contributed by atoms with Gasteiger partial charge in [0.2, 0.25) is 11.8 Å². The third kappa shape index (κ3) is 7.30. The van der Waals surface area contributed by atoms with Crippen LogP contribution in [-0.4, -0.2) is 59.3 Å². The van der Waals surface area contributed by atoms with Crippen LogP contribution in [0.25, 0.3) is 10.9 Å². The normalized spacial score (nSPS) is 18.3. The second kappa shape index (κ2) is 12.0. The molecule has 1 aliphatic carbocycles. The van der Waals surface area contributed by atoms with E-state index in [4.69, 9.17) is 11.6 Å². The average Bonchev–Trinajstić information content (AvgIpc) is 3.47. The van der Waals surface area contributed by atoms with Crippen molar-refractivity contribution < 1.29 is 24.3 Å². The van der Waals surface area contributed by atoms with Crippen molar-refractivity contribution in [3.05, 3.63) is 35.0 Å². The second-order valence-electron chi connectivity index (χ2n) is 8.86. The zero-order chi connectivity index (χ0) is 24.7. The number of amides is 3. The Labute approximate surface area is 203 Å². The largest absolute Gasteiger partial charge is 0.389 e. The first-order valence-corrected chi connectivity index (χ1v) is 11.9. The Morgan fingerprint density at radius 3 is 2.59 bits per heavy atom.